The van der Waals surface area contributed by atoms with Crippen LogP contribution in [0.2, 0.25) is 0 Å². The molecule has 0 aromatic carbocycles. The van der Waals surface area contributed by atoms with E-state index < -0.39 is 24.0 Å². The summed E-state index contributed by atoms with van der Waals surface area (Å²) in [4.78, 5) is 1.65. The van der Waals surface area contributed by atoms with Gasteiger partial charge in [0.1, 0.15) is 5.92 Å². The van der Waals surface area contributed by atoms with E-state index in [2.05, 4.69) is 5.16 Å². The zero-order valence-corrected chi connectivity index (χ0v) is 10.3. The molecule has 110 valence electrons. The third-order valence-electron chi connectivity index (χ3n) is 4.20. The summed E-state index contributed by atoms with van der Waals surface area (Å²) in [5.74, 6) is -2.46. The molecule has 2 fully saturated rings. The number of nitrogens with zero attached hydrogens (tertiary/aromatic N) is 2. The van der Waals surface area contributed by atoms with Crippen molar-refractivity contribution in [2.24, 2.45) is 28.6 Å². The van der Waals surface area contributed by atoms with Gasteiger partial charge in [0.2, 0.25) is 0 Å². The lowest BCUT2D eigenvalue weighted by Gasteiger charge is -2.25. The Hall–Kier alpha value is -1.02. The smallest absolute Gasteiger partial charge is 0.400 e. The van der Waals surface area contributed by atoms with Gasteiger partial charge < -0.3 is 20.9 Å². The zero-order valence-electron chi connectivity index (χ0n) is 10.3. The molecule has 1 saturated carbocycles. The molecule has 4 N–H and O–H groups in total. The Bertz CT molecular complexity index is 362. The van der Waals surface area contributed by atoms with Crippen LogP contribution in [-0.4, -0.2) is 53.0 Å². The fraction of sp³-hybridized carbons (Fsp3) is 0.909. The number of likely N-dealkylation sites (tertiary alicyclic amines) is 1. The third-order valence-corrected chi connectivity index (χ3v) is 4.20. The number of aliphatic hydroxyl groups excluding tert-OH is 1. The zero-order chi connectivity index (χ0) is 14.2. The molecular formula is C11H18F3N3O2. The number of oxime groups is 1. The monoisotopic (exact) mass is 281 g/mol. The SMILES string of the molecule is NC(=NO)C(CN1CC2CCC(O)C2C1)C(F)(F)F. The Balaban J connectivity index is 2.00. The normalized spacial score (nSPS) is 34.5. The summed E-state index contributed by atoms with van der Waals surface area (Å²) in [7, 11) is 0. The van der Waals surface area contributed by atoms with Gasteiger partial charge in [0, 0.05) is 25.6 Å². The van der Waals surface area contributed by atoms with Crippen LogP contribution in [0.5, 0.6) is 0 Å². The largest absolute Gasteiger partial charge is 0.409 e. The average Bonchev–Trinajstić information content (AvgIpc) is 2.86. The van der Waals surface area contributed by atoms with Crippen molar-refractivity contribution < 1.29 is 23.5 Å². The number of amidine groups is 1. The van der Waals surface area contributed by atoms with Crippen LogP contribution in [0.3, 0.4) is 0 Å². The third kappa shape index (κ3) is 2.94. The minimum atomic E-state index is -4.54. The van der Waals surface area contributed by atoms with E-state index in [4.69, 9.17) is 10.9 Å². The van der Waals surface area contributed by atoms with E-state index >= 15 is 0 Å². The van der Waals surface area contributed by atoms with Crippen LogP contribution in [0.1, 0.15) is 12.8 Å². The van der Waals surface area contributed by atoms with Crippen molar-refractivity contribution in [1.82, 2.24) is 4.90 Å². The highest BCUT2D eigenvalue weighted by Crippen LogP contribution is 2.39. The molecule has 4 atom stereocenters. The number of nitrogens with two attached hydrogens (primary N) is 1. The second-order valence-corrected chi connectivity index (χ2v) is 5.41. The summed E-state index contributed by atoms with van der Waals surface area (Å²) in [5.41, 5.74) is 5.13. The summed E-state index contributed by atoms with van der Waals surface area (Å²) >= 11 is 0. The lowest BCUT2D eigenvalue weighted by Crippen LogP contribution is -2.44. The second-order valence-electron chi connectivity index (χ2n) is 5.41. The Morgan fingerprint density at radius 3 is 2.58 bits per heavy atom. The maximum atomic E-state index is 12.8. The lowest BCUT2D eigenvalue weighted by molar-refractivity contribution is -0.159. The van der Waals surface area contributed by atoms with Crippen LogP contribution < -0.4 is 5.73 Å². The molecule has 1 aliphatic heterocycles. The van der Waals surface area contributed by atoms with Gasteiger partial charge in [-0.2, -0.15) is 13.2 Å². The molecule has 0 spiro atoms. The van der Waals surface area contributed by atoms with E-state index in [9.17, 15) is 18.3 Å². The van der Waals surface area contributed by atoms with Gasteiger partial charge in [-0.3, -0.25) is 0 Å². The summed E-state index contributed by atoms with van der Waals surface area (Å²) in [6.45, 7) is 0.656. The minimum Gasteiger partial charge on any atom is -0.409 e. The molecule has 5 nitrogen and oxygen atoms in total. The summed E-state index contributed by atoms with van der Waals surface area (Å²) in [6, 6.07) is 0. The number of rotatable bonds is 3. The van der Waals surface area contributed by atoms with Gasteiger partial charge in [0.15, 0.2) is 5.84 Å². The molecule has 1 heterocycles. The summed E-state index contributed by atoms with van der Waals surface area (Å²) in [6.07, 6.45) is -3.37. The standard InChI is InChI=1S/C11H18F3N3O2/c12-11(13,14)8(10(15)16-19)5-17-3-6-1-2-9(18)7(6)4-17/h6-9,18-19H,1-5H2,(H2,15,16). The summed E-state index contributed by atoms with van der Waals surface area (Å²) in [5, 5.41) is 20.7. The molecular weight excluding hydrogens is 263 g/mol. The van der Waals surface area contributed by atoms with Crippen LogP contribution >= 0.6 is 0 Å². The maximum Gasteiger partial charge on any atom is 0.400 e. The molecule has 4 unspecified atom stereocenters. The van der Waals surface area contributed by atoms with E-state index in [1.807, 2.05) is 0 Å². The summed E-state index contributed by atoms with van der Waals surface area (Å²) < 4.78 is 38.5. The van der Waals surface area contributed by atoms with Crippen molar-refractivity contribution in [2.75, 3.05) is 19.6 Å². The molecule has 8 heteroatoms. The lowest BCUT2D eigenvalue weighted by atomic mass is 10.00. The van der Waals surface area contributed by atoms with Crippen molar-refractivity contribution in [1.29, 1.82) is 0 Å². The minimum absolute atomic E-state index is 0.0566. The fourth-order valence-electron chi connectivity index (χ4n) is 3.17. The van der Waals surface area contributed by atoms with Gasteiger partial charge in [-0.15, -0.1) is 0 Å². The molecule has 1 saturated heterocycles. The van der Waals surface area contributed by atoms with Gasteiger partial charge >= 0.3 is 6.18 Å². The first kappa shape index (κ1) is 14.4. The molecule has 0 radical (unpaired) electrons. The van der Waals surface area contributed by atoms with Crippen molar-refractivity contribution >= 4 is 5.84 Å². The van der Waals surface area contributed by atoms with Crippen molar-refractivity contribution in [3.63, 3.8) is 0 Å². The quantitative estimate of drug-likeness (QED) is 0.306. The van der Waals surface area contributed by atoms with Crippen LogP contribution in [0.4, 0.5) is 13.2 Å². The van der Waals surface area contributed by atoms with E-state index in [0.717, 1.165) is 12.8 Å². The van der Waals surface area contributed by atoms with Crippen molar-refractivity contribution in [3.05, 3.63) is 0 Å². The first-order valence-electron chi connectivity index (χ1n) is 6.27. The Labute approximate surface area is 108 Å². The van der Waals surface area contributed by atoms with Crippen LogP contribution in [-0.2, 0) is 0 Å². The number of aliphatic hydroxyl groups is 1. The molecule has 2 aliphatic rings. The predicted octanol–water partition coefficient (Wildman–Crippen LogP) is 0.614. The van der Waals surface area contributed by atoms with Gasteiger partial charge in [-0.05, 0) is 18.8 Å². The predicted molar refractivity (Wildman–Crippen MR) is 61.6 cm³/mol. The molecule has 19 heavy (non-hydrogen) atoms. The first-order valence-corrected chi connectivity index (χ1v) is 6.27. The van der Waals surface area contributed by atoms with Gasteiger partial charge in [0.05, 0.1) is 6.10 Å². The molecule has 0 amide bonds. The van der Waals surface area contributed by atoms with E-state index in [1.54, 1.807) is 4.90 Å². The van der Waals surface area contributed by atoms with Crippen molar-refractivity contribution in [2.45, 2.75) is 25.1 Å². The molecule has 0 bridgehead atoms. The molecule has 1 aliphatic carbocycles. The van der Waals surface area contributed by atoms with Crippen LogP contribution in [0.15, 0.2) is 5.16 Å². The fourth-order valence-corrected chi connectivity index (χ4v) is 3.17. The number of hydrogen-bond donors (Lipinski definition) is 3. The van der Waals surface area contributed by atoms with E-state index in [1.165, 1.54) is 0 Å². The molecule has 2 rings (SSSR count). The van der Waals surface area contributed by atoms with E-state index in [-0.39, 0.29) is 18.4 Å². The topological polar surface area (TPSA) is 82.1 Å². The number of hydrogen-bond acceptors (Lipinski definition) is 4. The van der Waals surface area contributed by atoms with Gasteiger partial charge in [0.25, 0.3) is 0 Å². The van der Waals surface area contributed by atoms with Gasteiger partial charge in [-0.25, -0.2) is 0 Å². The van der Waals surface area contributed by atoms with Crippen molar-refractivity contribution in [3.8, 4) is 0 Å². The molecule has 0 aromatic heterocycles. The number of fused-ring (bicyclic) bond motifs is 1. The number of halogens is 3. The Morgan fingerprint density at radius 2 is 2.05 bits per heavy atom. The average molecular weight is 281 g/mol. The maximum absolute atomic E-state index is 12.8. The van der Waals surface area contributed by atoms with Crippen LogP contribution in [0, 0.1) is 17.8 Å². The van der Waals surface area contributed by atoms with Crippen LogP contribution in [0.25, 0.3) is 0 Å². The Morgan fingerprint density at radius 1 is 1.37 bits per heavy atom. The number of alkyl halides is 3. The highest BCUT2D eigenvalue weighted by Gasteiger charge is 2.47. The highest BCUT2D eigenvalue weighted by atomic mass is 19.4. The second kappa shape index (κ2) is 5.16. The molecule has 0 aromatic rings. The highest BCUT2D eigenvalue weighted by molar-refractivity contribution is 5.83. The Kier molecular flexibility index (Phi) is 3.91. The van der Waals surface area contributed by atoms with Gasteiger partial charge in [-0.1, -0.05) is 5.16 Å². The van der Waals surface area contributed by atoms with E-state index in [0.29, 0.717) is 13.1 Å². The first-order chi connectivity index (χ1) is 8.82.